The summed E-state index contributed by atoms with van der Waals surface area (Å²) in [5.74, 6) is -0.0986. The molecular formula is C72H73BN2O2. The lowest BCUT2D eigenvalue weighted by Crippen LogP contribution is -2.61. The number of para-hydroxylation sites is 2. The minimum Gasteiger partial charge on any atom is -0.466 e. The highest BCUT2D eigenvalue weighted by Gasteiger charge is 2.50. The summed E-state index contributed by atoms with van der Waals surface area (Å²) in [6.45, 7) is 32.5. The van der Waals surface area contributed by atoms with E-state index in [-0.39, 0.29) is 39.8 Å². The minimum atomic E-state index is -0.319. The van der Waals surface area contributed by atoms with Crippen molar-refractivity contribution in [3.05, 3.63) is 208 Å². The number of furan rings is 2. The Bertz CT molecular complexity index is 3940. The van der Waals surface area contributed by atoms with Gasteiger partial charge in [-0.25, -0.2) is 0 Å². The SMILES string of the molecule is Cc1cc2c(cc1N1c3cc(C(c4ccc(C(C)(C)C)cc4)c4ccc(C(C)(C)C)cc4)cc4c3B(c3oc5ccccc5c31)N(c1ccc(C(C)(C)C)cc1)c1ccc3oc5ccccc5c3c1-4)C(C)(C)CCC2(C)C. The van der Waals surface area contributed by atoms with Crippen LogP contribution in [-0.2, 0) is 27.1 Å². The van der Waals surface area contributed by atoms with Crippen LogP contribution >= 0.6 is 0 Å². The molecule has 5 heteroatoms. The van der Waals surface area contributed by atoms with E-state index >= 15 is 0 Å². The van der Waals surface area contributed by atoms with Crippen LogP contribution in [0.2, 0.25) is 0 Å². The molecule has 0 unspecified atom stereocenters. The van der Waals surface area contributed by atoms with Gasteiger partial charge in [-0.3, -0.25) is 0 Å². The summed E-state index contributed by atoms with van der Waals surface area (Å²) in [6.07, 6.45) is 2.28. The quantitative estimate of drug-likeness (QED) is 0.127. The predicted octanol–water partition coefficient (Wildman–Crippen LogP) is 18.8. The molecule has 0 saturated heterocycles. The van der Waals surface area contributed by atoms with Crippen LogP contribution in [0.4, 0.5) is 28.4 Å². The highest BCUT2D eigenvalue weighted by Crippen LogP contribution is 2.55. The third-order valence-electron chi connectivity index (χ3n) is 18.0. The molecule has 0 N–H and O–H groups in total. The molecule has 0 bridgehead atoms. The van der Waals surface area contributed by atoms with Gasteiger partial charge in [0, 0.05) is 50.4 Å². The molecular weight excluding hydrogens is 936 g/mol. The molecule has 0 spiro atoms. The van der Waals surface area contributed by atoms with Crippen molar-refractivity contribution >= 4 is 79.3 Å². The molecule has 0 fully saturated rings. The fourth-order valence-electron chi connectivity index (χ4n) is 13.4. The maximum Gasteiger partial charge on any atom is 0.375 e. The van der Waals surface area contributed by atoms with Crippen LogP contribution in [-0.4, -0.2) is 6.85 Å². The highest BCUT2D eigenvalue weighted by atomic mass is 16.3. The first-order valence-corrected chi connectivity index (χ1v) is 28.2. The first-order valence-electron chi connectivity index (χ1n) is 28.2. The van der Waals surface area contributed by atoms with Crippen molar-refractivity contribution in [2.24, 2.45) is 0 Å². The van der Waals surface area contributed by atoms with Crippen molar-refractivity contribution in [2.75, 3.05) is 9.71 Å². The Morgan fingerprint density at radius 2 is 1.01 bits per heavy atom. The van der Waals surface area contributed by atoms with E-state index in [2.05, 4.69) is 264 Å². The summed E-state index contributed by atoms with van der Waals surface area (Å²) >= 11 is 0. The van der Waals surface area contributed by atoms with Gasteiger partial charge in [0.15, 0.2) is 0 Å². The van der Waals surface area contributed by atoms with Crippen molar-refractivity contribution < 1.29 is 8.83 Å². The van der Waals surface area contributed by atoms with Gasteiger partial charge in [0.05, 0.1) is 5.69 Å². The fourth-order valence-corrected chi connectivity index (χ4v) is 13.4. The number of hydrogen-bond donors (Lipinski definition) is 0. The van der Waals surface area contributed by atoms with E-state index in [0.717, 1.165) is 68.5 Å². The average molecular weight is 1010 g/mol. The molecule has 13 rings (SSSR count). The minimum absolute atomic E-state index is 0.0108. The van der Waals surface area contributed by atoms with Gasteiger partial charge in [0.1, 0.15) is 22.4 Å². The van der Waals surface area contributed by atoms with Crippen LogP contribution in [0.3, 0.4) is 0 Å². The van der Waals surface area contributed by atoms with Crippen molar-refractivity contribution in [3.63, 3.8) is 0 Å². The number of fused-ring (bicyclic) bond motifs is 11. The first-order chi connectivity index (χ1) is 36.5. The van der Waals surface area contributed by atoms with Crippen LogP contribution in [0.25, 0.3) is 44.0 Å². The molecule has 2 aliphatic heterocycles. The van der Waals surface area contributed by atoms with Crippen molar-refractivity contribution in [1.29, 1.82) is 0 Å². The van der Waals surface area contributed by atoms with E-state index < -0.39 is 0 Å². The molecule has 2 aromatic heterocycles. The Balaban J connectivity index is 1.20. The Morgan fingerprint density at radius 1 is 0.494 bits per heavy atom. The van der Waals surface area contributed by atoms with Gasteiger partial charge in [0.2, 0.25) is 0 Å². The number of hydrogen-bond acceptors (Lipinski definition) is 4. The molecule has 4 heterocycles. The van der Waals surface area contributed by atoms with E-state index in [1.54, 1.807) is 0 Å². The zero-order valence-corrected chi connectivity index (χ0v) is 47.8. The summed E-state index contributed by atoms with van der Waals surface area (Å²) in [4.78, 5) is 5.22. The summed E-state index contributed by atoms with van der Waals surface area (Å²) < 4.78 is 14.4. The molecule has 0 atom stereocenters. The Morgan fingerprint density at radius 3 is 1.58 bits per heavy atom. The molecule has 1 aliphatic carbocycles. The molecule has 3 aliphatic rings. The van der Waals surface area contributed by atoms with E-state index in [1.165, 1.54) is 78.0 Å². The average Bonchev–Trinajstić information content (AvgIpc) is 3.87. The van der Waals surface area contributed by atoms with Gasteiger partial charge in [0.25, 0.3) is 0 Å². The zero-order chi connectivity index (χ0) is 53.9. The smallest absolute Gasteiger partial charge is 0.375 e. The molecule has 10 aromatic rings. The molecule has 0 radical (unpaired) electrons. The van der Waals surface area contributed by atoms with E-state index in [9.17, 15) is 0 Å². The van der Waals surface area contributed by atoms with Gasteiger partial charge < -0.3 is 18.5 Å². The number of anilines is 5. The Kier molecular flexibility index (Phi) is 10.8. The topological polar surface area (TPSA) is 32.8 Å². The van der Waals surface area contributed by atoms with Gasteiger partial charge >= 0.3 is 6.85 Å². The number of rotatable bonds is 5. The first kappa shape index (κ1) is 49.3. The maximum atomic E-state index is 7.50. The normalized spacial score (nSPS) is 15.8. The van der Waals surface area contributed by atoms with Crippen LogP contribution in [0.15, 0.2) is 167 Å². The van der Waals surface area contributed by atoms with Crippen LogP contribution < -0.4 is 20.8 Å². The molecule has 0 amide bonds. The Labute approximate surface area is 457 Å². The van der Waals surface area contributed by atoms with Crippen molar-refractivity contribution in [1.82, 2.24) is 0 Å². The van der Waals surface area contributed by atoms with Crippen molar-refractivity contribution in [2.45, 2.75) is 143 Å². The van der Waals surface area contributed by atoms with Crippen molar-refractivity contribution in [3.8, 4) is 11.1 Å². The highest BCUT2D eigenvalue weighted by molar-refractivity contribution is 6.93. The standard InChI is InChI=1S/C72H73BN2O2/c1-43-39-54-55(72(13,14)38-37-71(54,11)12)42-57(43)74-58-41-46(62(44-23-27-47(28-24-44)68(2,3)4)45-25-29-48(30-26-45)69(5,6)7)40-53-63-56(35-36-61-64(63)51-19-15-17-21-59(51)76-61)75(50-33-31-49(32-34-50)70(8,9)10)73(65(53)58)67-66(74)52-20-16-18-22-60(52)77-67/h15-36,39-42,62H,37-38H2,1-14H3. The third kappa shape index (κ3) is 7.76. The second-order valence-corrected chi connectivity index (χ2v) is 27.3. The summed E-state index contributed by atoms with van der Waals surface area (Å²) in [5.41, 5.74) is 24.8. The van der Waals surface area contributed by atoms with E-state index in [0.29, 0.717) is 0 Å². The number of benzene rings is 8. The lowest BCUT2D eigenvalue weighted by molar-refractivity contribution is 0.332. The molecule has 8 aromatic carbocycles. The van der Waals surface area contributed by atoms with Crippen LogP contribution in [0, 0.1) is 6.92 Å². The third-order valence-corrected chi connectivity index (χ3v) is 18.0. The summed E-state index contributed by atoms with van der Waals surface area (Å²) in [6, 6.07) is 60.4. The van der Waals surface area contributed by atoms with E-state index in [4.69, 9.17) is 8.83 Å². The monoisotopic (exact) mass is 1010 g/mol. The summed E-state index contributed by atoms with van der Waals surface area (Å²) in [5, 5.41) is 3.34. The lowest BCUT2D eigenvalue weighted by Gasteiger charge is -2.46. The lowest BCUT2D eigenvalue weighted by atomic mass is 9.45. The molecule has 0 saturated carbocycles. The molecule has 77 heavy (non-hydrogen) atoms. The second kappa shape index (κ2) is 16.9. The van der Waals surface area contributed by atoms with Gasteiger partial charge in [-0.05, 0) is 163 Å². The van der Waals surface area contributed by atoms with E-state index in [1.807, 2.05) is 0 Å². The van der Waals surface area contributed by atoms with Crippen LogP contribution in [0.5, 0.6) is 0 Å². The predicted molar refractivity (Wildman–Crippen MR) is 327 cm³/mol. The van der Waals surface area contributed by atoms with Gasteiger partial charge in [-0.1, -0.05) is 193 Å². The molecule has 386 valence electrons. The number of aryl methyl sites for hydroxylation is 1. The summed E-state index contributed by atoms with van der Waals surface area (Å²) in [7, 11) is 0. The van der Waals surface area contributed by atoms with Gasteiger partial charge in [-0.2, -0.15) is 0 Å². The van der Waals surface area contributed by atoms with Gasteiger partial charge in [-0.15, -0.1) is 0 Å². The fraction of sp³-hybridized carbons (Fsp3) is 0.306. The molecule has 4 nitrogen and oxygen atoms in total. The largest absolute Gasteiger partial charge is 0.466 e. The number of nitrogens with zero attached hydrogens (tertiary/aromatic N) is 2. The second-order valence-electron chi connectivity index (χ2n) is 27.3. The zero-order valence-electron chi connectivity index (χ0n) is 47.8. The van der Waals surface area contributed by atoms with Crippen LogP contribution in [0.1, 0.15) is 159 Å². The Hall–Kier alpha value is -7.24. The maximum absolute atomic E-state index is 7.50.